The number of amides is 2. The number of imidazole rings is 2. The lowest BCUT2D eigenvalue weighted by Gasteiger charge is -2.22. The summed E-state index contributed by atoms with van der Waals surface area (Å²) >= 11 is 0. The van der Waals surface area contributed by atoms with E-state index >= 15 is 0 Å². The average Bonchev–Trinajstić information content (AvgIpc) is 3.40. The number of aromatic amines is 1. The maximum atomic E-state index is 12.6. The molecule has 7 nitrogen and oxygen atoms in total. The number of rotatable bonds is 6. The average molecular weight is 393 g/mol. The fourth-order valence-corrected chi connectivity index (χ4v) is 3.90. The van der Waals surface area contributed by atoms with Crippen molar-refractivity contribution in [3.05, 3.63) is 60.1 Å². The largest absolute Gasteiger partial charge is 0.340 e. The summed E-state index contributed by atoms with van der Waals surface area (Å²) in [5, 5.41) is 6.10. The fourth-order valence-electron chi connectivity index (χ4n) is 3.90. The van der Waals surface area contributed by atoms with Gasteiger partial charge in [0.25, 0.3) is 0 Å². The van der Waals surface area contributed by atoms with Crippen molar-refractivity contribution in [3.8, 4) is 11.3 Å². The number of carbonyl (C=O) groups is 1. The Labute approximate surface area is 171 Å². The molecule has 29 heavy (non-hydrogen) atoms. The Hall–Kier alpha value is -3.09. The van der Waals surface area contributed by atoms with Crippen LogP contribution in [0.15, 0.2) is 42.7 Å². The lowest BCUT2D eigenvalue weighted by molar-refractivity contribution is 0.232. The van der Waals surface area contributed by atoms with Crippen molar-refractivity contribution in [2.24, 2.45) is 0 Å². The Morgan fingerprint density at radius 1 is 1.17 bits per heavy atom. The number of carbonyl (C=O) groups excluding carboxylic acids is 1. The first-order chi connectivity index (χ1) is 14.2. The Balaban J connectivity index is 1.40. The number of hydrogen-bond donors (Lipinski definition) is 3. The molecule has 0 radical (unpaired) electrons. The number of aryl methyl sites for hydroxylation is 1. The number of nitrogens with zero attached hydrogens (tertiary/aromatic N) is 3. The van der Waals surface area contributed by atoms with E-state index in [1.165, 1.54) is 6.42 Å². The van der Waals surface area contributed by atoms with Crippen LogP contribution in [0.2, 0.25) is 0 Å². The summed E-state index contributed by atoms with van der Waals surface area (Å²) in [6.45, 7) is 5.01. The van der Waals surface area contributed by atoms with Gasteiger partial charge < -0.3 is 20.2 Å². The zero-order chi connectivity index (χ0) is 20.2. The van der Waals surface area contributed by atoms with E-state index < -0.39 is 0 Å². The van der Waals surface area contributed by atoms with Crippen LogP contribution < -0.4 is 10.6 Å². The quantitative estimate of drug-likeness (QED) is 0.590. The summed E-state index contributed by atoms with van der Waals surface area (Å²) in [5.74, 6) is 1.88. The van der Waals surface area contributed by atoms with Crippen LogP contribution in [0.5, 0.6) is 0 Å². The zero-order valence-corrected chi connectivity index (χ0v) is 17.0. The minimum absolute atomic E-state index is 0.108. The minimum atomic E-state index is -0.201. The molecule has 2 amide bonds. The first-order valence-electron chi connectivity index (χ1n) is 10.4. The Morgan fingerprint density at radius 2 is 2.00 bits per heavy atom. The molecule has 4 rings (SSSR count). The highest BCUT2D eigenvalue weighted by Crippen LogP contribution is 2.22. The summed E-state index contributed by atoms with van der Waals surface area (Å²) in [6.07, 6.45) is 7.81. The molecular formula is C22H28N6O. The first-order valence-corrected chi connectivity index (χ1v) is 10.4. The van der Waals surface area contributed by atoms with Crippen molar-refractivity contribution in [3.63, 3.8) is 0 Å². The molecule has 0 aliphatic carbocycles. The molecule has 7 heteroatoms. The van der Waals surface area contributed by atoms with Crippen LogP contribution in [0.1, 0.15) is 62.5 Å². The van der Waals surface area contributed by atoms with Crippen molar-refractivity contribution in [2.45, 2.75) is 58.2 Å². The Morgan fingerprint density at radius 3 is 2.79 bits per heavy atom. The lowest BCUT2D eigenvalue weighted by atomic mass is 10.1. The van der Waals surface area contributed by atoms with Crippen LogP contribution in [0.3, 0.4) is 0 Å². The van der Waals surface area contributed by atoms with Crippen LogP contribution in [-0.2, 0) is 13.0 Å². The number of benzene rings is 1. The van der Waals surface area contributed by atoms with E-state index in [2.05, 4.69) is 30.2 Å². The zero-order valence-electron chi connectivity index (χ0n) is 17.0. The van der Waals surface area contributed by atoms with Crippen LogP contribution in [0.4, 0.5) is 4.79 Å². The number of fused-ring (bicyclic) bond motifs is 1. The van der Waals surface area contributed by atoms with Gasteiger partial charge in [-0.25, -0.2) is 14.8 Å². The van der Waals surface area contributed by atoms with E-state index in [1.807, 2.05) is 56.6 Å². The normalized spacial score (nSPS) is 15.4. The molecule has 3 aromatic rings. The minimum Gasteiger partial charge on any atom is -0.340 e. The van der Waals surface area contributed by atoms with Crippen LogP contribution >= 0.6 is 0 Å². The second kappa shape index (κ2) is 8.51. The van der Waals surface area contributed by atoms with E-state index in [-0.39, 0.29) is 18.1 Å². The van der Waals surface area contributed by atoms with Gasteiger partial charge in [-0.15, -0.1) is 0 Å². The van der Waals surface area contributed by atoms with Crippen molar-refractivity contribution in [2.75, 3.05) is 0 Å². The summed E-state index contributed by atoms with van der Waals surface area (Å²) in [5.41, 5.74) is 3.08. The van der Waals surface area contributed by atoms with Gasteiger partial charge in [0.15, 0.2) is 0 Å². The molecule has 2 aromatic heterocycles. The molecule has 0 spiro atoms. The molecule has 0 saturated heterocycles. The summed E-state index contributed by atoms with van der Waals surface area (Å²) in [6, 6.07) is 9.56. The first kappa shape index (κ1) is 19.2. The maximum absolute atomic E-state index is 12.6. The van der Waals surface area contributed by atoms with Crippen LogP contribution in [0, 0.1) is 0 Å². The van der Waals surface area contributed by atoms with E-state index in [9.17, 15) is 4.79 Å². The summed E-state index contributed by atoms with van der Waals surface area (Å²) in [4.78, 5) is 25.0. The SMILES string of the molecule is CCC(NC(=O)NC(C)c1cnc2n1CCCC2)c1ncc(-c2ccccc2)[nH]1. The Kier molecular flexibility index (Phi) is 5.64. The molecule has 2 atom stereocenters. The molecule has 0 saturated carbocycles. The third-order valence-electron chi connectivity index (χ3n) is 5.52. The number of aromatic nitrogens is 4. The summed E-state index contributed by atoms with van der Waals surface area (Å²) < 4.78 is 2.24. The lowest BCUT2D eigenvalue weighted by Crippen LogP contribution is -2.40. The van der Waals surface area contributed by atoms with Gasteiger partial charge >= 0.3 is 6.03 Å². The van der Waals surface area contributed by atoms with Crippen molar-refractivity contribution in [1.29, 1.82) is 0 Å². The summed E-state index contributed by atoms with van der Waals surface area (Å²) in [7, 11) is 0. The molecule has 3 heterocycles. The molecule has 1 aliphatic rings. The molecule has 3 N–H and O–H groups in total. The van der Waals surface area contributed by atoms with Gasteiger partial charge in [0.2, 0.25) is 0 Å². The van der Waals surface area contributed by atoms with Crippen LogP contribution in [-0.4, -0.2) is 25.6 Å². The second-order valence-electron chi connectivity index (χ2n) is 7.56. The standard InChI is InChI=1S/C22H28N6O/c1-3-17(21-24-13-18(26-21)16-9-5-4-6-10-16)27-22(29)25-15(2)19-14-23-20-11-7-8-12-28(19)20/h4-6,9-10,13-15,17H,3,7-8,11-12H2,1-2H3,(H,24,26)(H2,25,27,29). The van der Waals surface area contributed by atoms with Gasteiger partial charge in [-0.1, -0.05) is 37.3 Å². The highest BCUT2D eigenvalue weighted by Gasteiger charge is 2.21. The number of hydrogen-bond acceptors (Lipinski definition) is 3. The molecule has 2 unspecified atom stereocenters. The van der Waals surface area contributed by atoms with Crippen molar-refractivity contribution < 1.29 is 4.79 Å². The van der Waals surface area contributed by atoms with Gasteiger partial charge in [-0.05, 0) is 31.7 Å². The molecule has 1 aromatic carbocycles. The highest BCUT2D eigenvalue weighted by molar-refractivity contribution is 5.74. The monoisotopic (exact) mass is 392 g/mol. The van der Waals surface area contributed by atoms with Crippen LogP contribution in [0.25, 0.3) is 11.3 Å². The van der Waals surface area contributed by atoms with E-state index in [4.69, 9.17) is 0 Å². The predicted octanol–water partition coefficient (Wildman–Crippen LogP) is 4.12. The van der Waals surface area contributed by atoms with Gasteiger partial charge in [0.1, 0.15) is 11.6 Å². The Bertz CT molecular complexity index is 961. The fraction of sp³-hybridized carbons (Fsp3) is 0.409. The smallest absolute Gasteiger partial charge is 0.315 e. The molecule has 1 aliphatic heterocycles. The van der Waals surface area contributed by atoms with E-state index in [0.717, 1.165) is 54.4 Å². The third kappa shape index (κ3) is 4.18. The predicted molar refractivity (Wildman–Crippen MR) is 112 cm³/mol. The molecular weight excluding hydrogens is 364 g/mol. The van der Waals surface area contributed by atoms with Gasteiger partial charge in [-0.3, -0.25) is 0 Å². The third-order valence-corrected chi connectivity index (χ3v) is 5.52. The van der Waals surface area contributed by atoms with Gasteiger partial charge in [0.05, 0.1) is 35.9 Å². The van der Waals surface area contributed by atoms with E-state index in [0.29, 0.717) is 0 Å². The van der Waals surface area contributed by atoms with Gasteiger partial charge in [0, 0.05) is 13.0 Å². The molecule has 152 valence electrons. The number of H-pyrrole nitrogens is 1. The topological polar surface area (TPSA) is 87.6 Å². The molecule has 0 fully saturated rings. The second-order valence-corrected chi connectivity index (χ2v) is 7.56. The van der Waals surface area contributed by atoms with Gasteiger partial charge in [-0.2, -0.15) is 0 Å². The maximum Gasteiger partial charge on any atom is 0.315 e. The van der Waals surface area contributed by atoms with Crippen molar-refractivity contribution >= 4 is 6.03 Å². The highest BCUT2D eigenvalue weighted by atomic mass is 16.2. The van der Waals surface area contributed by atoms with E-state index in [1.54, 1.807) is 0 Å². The number of nitrogens with one attached hydrogen (secondary N) is 3. The number of urea groups is 1. The van der Waals surface area contributed by atoms with Crippen molar-refractivity contribution in [1.82, 2.24) is 30.2 Å². The molecule has 0 bridgehead atoms.